The van der Waals surface area contributed by atoms with Crippen molar-refractivity contribution in [3.8, 4) is 11.5 Å². The van der Waals surface area contributed by atoms with E-state index >= 15 is 0 Å². The molecule has 1 aliphatic rings. The van der Waals surface area contributed by atoms with Crippen molar-refractivity contribution < 1.29 is 28.8 Å². The van der Waals surface area contributed by atoms with Crippen molar-refractivity contribution >= 4 is 51.2 Å². The van der Waals surface area contributed by atoms with Crippen LogP contribution in [-0.4, -0.2) is 29.4 Å². The number of benzene rings is 3. The van der Waals surface area contributed by atoms with Crippen LogP contribution in [0.2, 0.25) is 0 Å². The number of aryl methyl sites for hydroxylation is 2. The summed E-state index contributed by atoms with van der Waals surface area (Å²) in [5.74, 6) is -0.885. The van der Waals surface area contributed by atoms with E-state index < -0.39 is 22.8 Å². The van der Waals surface area contributed by atoms with Gasteiger partial charge in [0.1, 0.15) is 12.2 Å². The molecule has 0 spiro atoms. The molecule has 0 bridgehead atoms. The van der Waals surface area contributed by atoms with Crippen LogP contribution in [0, 0.1) is 24.0 Å². The minimum atomic E-state index is -0.956. The predicted octanol–water partition coefficient (Wildman–Crippen LogP) is 5.62. The Labute approximate surface area is 232 Å². The smallest absolute Gasteiger partial charge is 0.335 e. The molecule has 0 atom stereocenters. The van der Waals surface area contributed by atoms with Crippen molar-refractivity contribution in [2.45, 2.75) is 27.4 Å². The van der Waals surface area contributed by atoms with Gasteiger partial charge in [-0.1, -0.05) is 29.3 Å². The Kier molecular flexibility index (Phi) is 8.10. The number of nitro groups is 1. The lowest BCUT2D eigenvalue weighted by molar-refractivity contribution is -0.384. The molecule has 1 N–H and O–H groups in total. The predicted molar refractivity (Wildman–Crippen MR) is 148 cm³/mol. The molecule has 1 saturated heterocycles. The molecule has 0 radical (unpaired) electrons. The van der Waals surface area contributed by atoms with Crippen LogP contribution in [0.25, 0.3) is 6.08 Å². The second kappa shape index (κ2) is 11.5. The number of carbonyl (C=O) groups is 3. The maximum Gasteiger partial charge on any atom is 0.335 e. The number of hydrogen-bond donors (Lipinski definition) is 1. The molecule has 0 aliphatic carbocycles. The molecule has 1 heterocycles. The van der Waals surface area contributed by atoms with Gasteiger partial charge in [0.25, 0.3) is 17.5 Å². The molecule has 3 aromatic rings. The zero-order chi connectivity index (χ0) is 28.3. The number of imide groups is 2. The lowest BCUT2D eigenvalue weighted by Crippen LogP contribution is -2.54. The number of ether oxygens (including phenoxy) is 2. The normalized spacial score (nSPS) is 14.4. The minimum Gasteiger partial charge on any atom is -0.490 e. The number of nitro benzene ring substituents is 1. The van der Waals surface area contributed by atoms with Crippen LogP contribution in [0.3, 0.4) is 0 Å². The summed E-state index contributed by atoms with van der Waals surface area (Å²) in [4.78, 5) is 49.4. The summed E-state index contributed by atoms with van der Waals surface area (Å²) in [6.45, 7) is 6.49. The summed E-state index contributed by atoms with van der Waals surface area (Å²) < 4.78 is 12.4. The van der Waals surface area contributed by atoms with E-state index in [1.165, 1.54) is 18.2 Å². The van der Waals surface area contributed by atoms with Crippen LogP contribution >= 0.6 is 15.9 Å². The topological polar surface area (TPSA) is 128 Å². The van der Waals surface area contributed by atoms with Gasteiger partial charge in [-0.2, -0.15) is 0 Å². The number of urea groups is 1. The summed E-state index contributed by atoms with van der Waals surface area (Å²) in [5, 5.41) is 13.1. The summed E-state index contributed by atoms with van der Waals surface area (Å²) in [7, 11) is 0. The minimum absolute atomic E-state index is 0.0767. The highest BCUT2D eigenvalue weighted by Gasteiger charge is 2.37. The van der Waals surface area contributed by atoms with Crippen molar-refractivity contribution in [1.29, 1.82) is 0 Å². The number of non-ortho nitro benzene ring substituents is 1. The van der Waals surface area contributed by atoms with Crippen molar-refractivity contribution in [2.75, 3.05) is 11.5 Å². The number of nitrogens with one attached hydrogen (secondary N) is 1. The van der Waals surface area contributed by atoms with E-state index in [2.05, 4.69) is 27.3 Å². The molecule has 0 saturated carbocycles. The Morgan fingerprint density at radius 1 is 1.00 bits per heavy atom. The third-order valence-electron chi connectivity index (χ3n) is 5.73. The third kappa shape index (κ3) is 6.15. The van der Waals surface area contributed by atoms with Gasteiger partial charge in [-0.3, -0.25) is 25.0 Å². The lowest BCUT2D eigenvalue weighted by Gasteiger charge is -2.26. The average molecular weight is 594 g/mol. The summed E-state index contributed by atoms with van der Waals surface area (Å²) in [5.41, 5.74) is 3.25. The van der Waals surface area contributed by atoms with Crippen molar-refractivity contribution in [2.24, 2.45) is 0 Å². The maximum atomic E-state index is 13.2. The summed E-state index contributed by atoms with van der Waals surface area (Å²) >= 11 is 3.50. The highest BCUT2D eigenvalue weighted by Crippen LogP contribution is 2.38. The Bertz CT molecular complexity index is 1500. The first-order chi connectivity index (χ1) is 18.6. The van der Waals surface area contributed by atoms with E-state index in [1.54, 1.807) is 12.1 Å². The summed E-state index contributed by atoms with van der Waals surface area (Å²) in [6, 6.07) is 13.3. The lowest BCUT2D eigenvalue weighted by atomic mass is 10.1. The summed E-state index contributed by atoms with van der Waals surface area (Å²) in [6.07, 6.45) is 1.34. The molecule has 0 unspecified atom stereocenters. The molecule has 1 fully saturated rings. The molecule has 4 amide bonds. The number of nitrogens with zero attached hydrogens (tertiary/aromatic N) is 2. The molecule has 11 heteroatoms. The second-order valence-corrected chi connectivity index (χ2v) is 9.63. The van der Waals surface area contributed by atoms with Crippen molar-refractivity contribution in [3.05, 3.63) is 97.0 Å². The van der Waals surface area contributed by atoms with Gasteiger partial charge >= 0.3 is 6.03 Å². The fourth-order valence-corrected chi connectivity index (χ4v) is 4.74. The van der Waals surface area contributed by atoms with Gasteiger partial charge in [0.2, 0.25) is 0 Å². The van der Waals surface area contributed by atoms with Gasteiger partial charge in [-0.25, -0.2) is 9.69 Å². The Hall–Kier alpha value is -4.51. The molecule has 39 heavy (non-hydrogen) atoms. The molecular weight excluding hydrogens is 570 g/mol. The van der Waals surface area contributed by atoms with E-state index in [0.717, 1.165) is 33.7 Å². The molecule has 0 aromatic heterocycles. The maximum absolute atomic E-state index is 13.2. The van der Waals surface area contributed by atoms with Gasteiger partial charge in [-0.05, 0) is 78.2 Å². The van der Waals surface area contributed by atoms with E-state index in [-0.39, 0.29) is 16.9 Å². The zero-order valence-electron chi connectivity index (χ0n) is 21.3. The van der Waals surface area contributed by atoms with E-state index in [4.69, 9.17) is 9.47 Å². The standard InChI is InChI=1S/C28H24BrN3O7/c1-4-38-24-14-18(13-23(29)25(24)39-15-19-10-16(2)9-17(3)11-19)12-22-26(33)30-28(35)31(27(22)34)20-5-7-21(8-6-20)32(36)37/h5-14H,4,15H2,1-3H3,(H,30,33,35)/b22-12+. The first kappa shape index (κ1) is 27.5. The first-order valence-electron chi connectivity index (χ1n) is 11.9. The fraction of sp³-hybridized carbons (Fsp3) is 0.179. The van der Waals surface area contributed by atoms with Crippen LogP contribution in [0.15, 0.2) is 64.6 Å². The van der Waals surface area contributed by atoms with Crippen LogP contribution in [-0.2, 0) is 16.2 Å². The Balaban J connectivity index is 1.65. The quantitative estimate of drug-likeness (QED) is 0.155. The number of barbiturate groups is 1. The molecule has 1 aliphatic heterocycles. The average Bonchev–Trinajstić information content (AvgIpc) is 2.86. The van der Waals surface area contributed by atoms with Gasteiger partial charge in [0.05, 0.1) is 21.7 Å². The van der Waals surface area contributed by atoms with E-state index in [1.807, 2.05) is 32.9 Å². The number of carbonyl (C=O) groups excluding carboxylic acids is 3. The first-order valence-corrected chi connectivity index (χ1v) is 12.7. The number of anilines is 1. The third-order valence-corrected chi connectivity index (χ3v) is 6.32. The number of hydrogen-bond acceptors (Lipinski definition) is 7. The van der Waals surface area contributed by atoms with Gasteiger partial charge in [0.15, 0.2) is 11.5 Å². The van der Waals surface area contributed by atoms with E-state index in [0.29, 0.717) is 34.7 Å². The zero-order valence-corrected chi connectivity index (χ0v) is 22.9. The highest BCUT2D eigenvalue weighted by molar-refractivity contribution is 9.10. The van der Waals surface area contributed by atoms with Gasteiger partial charge in [0, 0.05) is 12.1 Å². The fourth-order valence-electron chi connectivity index (χ4n) is 4.16. The second-order valence-electron chi connectivity index (χ2n) is 8.78. The molecular formula is C28H24BrN3O7. The number of halogens is 1. The molecule has 3 aromatic carbocycles. The van der Waals surface area contributed by atoms with Crippen molar-refractivity contribution in [1.82, 2.24) is 5.32 Å². The Morgan fingerprint density at radius 3 is 2.28 bits per heavy atom. The monoisotopic (exact) mass is 593 g/mol. The molecule has 10 nitrogen and oxygen atoms in total. The molecule has 200 valence electrons. The van der Waals surface area contributed by atoms with E-state index in [9.17, 15) is 24.5 Å². The van der Waals surface area contributed by atoms with Crippen LogP contribution in [0.4, 0.5) is 16.2 Å². The van der Waals surface area contributed by atoms with Crippen LogP contribution in [0.1, 0.15) is 29.2 Å². The molecule has 4 rings (SSSR count). The number of amides is 4. The van der Waals surface area contributed by atoms with Gasteiger partial charge < -0.3 is 9.47 Å². The van der Waals surface area contributed by atoms with Gasteiger partial charge in [-0.15, -0.1) is 0 Å². The SMILES string of the molecule is CCOc1cc(/C=C2\C(=O)NC(=O)N(c3ccc([N+](=O)[O-])cc3)C2=O)cc(Br)c1OCc1cc(C)cc(C)c1. The highest BCUT2D eigenvalue weighted by atomic mass is 79.9. The van der Waals surface area contributed by atoms with Crippen LogP contribution in [0.5, 0.6) is 11.5 Å². The van der Waals surface area contributed by atoms with Crippen molar-refractivity contribution in [3.63, 3.8) is 0 Å². The number of rotatable bonds is 8. The Morgan fingerprint density at radius 2 is 1.67 bits per heavy atom. The van der Waals surface area contributed by atoms with Crippen LogP contribution < -0.4 is 19.7 Å². The largest absolute Gasteiger partial charge is 0.490 e.